The van der Waals surface area contributed by atoms with E-state index in [4.69, 9.17) is 10.7 Å². The molecule has 4 nitrogen and oxygen atoms in total. The van der Waals surface area contributed by atoms with E-state index in [9.17, 15) is 0 Å². The first-order valence-corrected chi connectivity index (χ1v) is 6.62. The summed E-state index contributed by atoms with van der Waals surface area (Å²) < 4.78 is 2.10. The van der Waals surface area contributed by atoms with Gasteiger partial charge in [-0.25, -0.2) is 4.98 Å². The summed E-state index contributed by atoms with van der Waals surface area (Å²) in [5.74, 6) is 0.574. The summed E-state index contributed by atoms with van der Waals surface area (Å²) in [7, 11) is 2.19. The van der Waals surface area contributed by atoms with Crippen molar-refractivity contribution in [3.05, 3.63) is 35.8 Å². The Kier molecular flexibility index (Phi) is 3.06. The molecule has 1 unspecified atom stereocenters. The minimum atomic E-state index is 0.574. The van der Waals surface area contributed by atoms with Crippen LogP contribution in [0.5, 0.6) is 0 Å². The molecule has 2 aromatic heterocycles. The van der Waals surface area contributed by atoms with Gasteiger partial charge in [-0.15, -0.1) is 0 Å². The van der Waals surface area contributed by atoms with Crippen molar-refractivity contribution in [3.63, 3.8) is 0 Å². The van der Waals surface area contributed by atoms with Gasteiger partial charge < -0.3 is 15.0 Å². The van der Waals surface area contributed by atoms with Crippen LogP contribution < -0.4 is 5.73 Å². The molecular formula is C14H20N4. The van der Waals surface area contributed by atoms with E-state index in [1.54, 1.807) is 0 Å². The van der Waals surface area contributed by atoms with Crippen molar-refractivity contribution in [1.82, 2.24) is 14.3 Å². The fourth-order valence-corrected chi connectivity index (χ4v) is 2.78. The molecule has 1 aliphatic heterocycles. The minimum absolute atomic E-state index is 0.574. The predicted molar refractivity (Wildman–Crippen MR) is 72.6 cm³/mol. The number of nitrogens with two attached hydrogens (primary N) is 1. The second kappa shape index (κ2) is 4.71. The molecule has 3 rings (SSSR count). The van der Waals surface area contributed by atoms with Gasteiger partial charge in [0.05, 0.1) is 5.69 Å². The largest absolute Gasteiger partial charge is 0.326 e. The molecule has 0 spiro atoms. The number of hydrogen-bond donors (Lipinski definition) is 1. The topological polar surface area (TPSA) is 46.6 Å². The van der Waals surface area contributed by atoms with E-state index in [1.165, 1.54) is 25.1 Å². The van der Waals surface area contributed by atoms with Crippen LogP contribution in [0.2, 0.25) is 0 Å². The summed E-state index contributed by atoms with van der Waals surface area (Å²) in [5.41, 5.74) is 9.04. The molecule has 2 N–H and O–H groups in total. The summed E-state index contributed by atoms with van der Waals surface area (Å²) >= 11 is 0. The third kappa shape index (κ3) is 2.13. The van der Waals surface area contributed by atoms with Gasteiger partial charge in [0, 0.05) is 31.4 Å². The second-order valence-electron chi connectivity index (χ2n) is 5.27. The summed E-state index contributed by atoms with van der Waals surface area (Å²) in [4.78, 5) is 7.15. The van der Waals surface area contributed by atoms with Gasteiger partial charge in [-0.2, -0.15) is 0 Å². The lowest BCUT2D eigenvalue weighted by Crippen LogP contribution is -2.30. The van der Waals surface area contributed by atoms with Gasteiger partial charge in [0.1, 0.15) is 5.65 Å². The number of nitrogens with zero attached hydrogens (tertiary/aromatic N) is 3. The Morgan fingerprint density at radius 2 is 2.39 bits per heavy atom. The van der Waals surface area contributed by atoms with E-state index in [2.05, 4.69) is 40.9 Å². The number of imidazole rings is 1. The van der Waals surface area contributed by atoms with Crippen molar-refractivity contribution in [2.45, 2.75) is 25.3 Å². The van der Waals surface area contributed by atoms with Gasteiger partial charge in [-0.1, -0.05) is 0 Å². The van der Waals surface area contributed by atoms with Crippen molar-refractivity contribution in [2.75, 3.05) is 20.1 Å². The van der Waals surface area contributed by atoms with E-state index < -0.39 is 0 Å². The van der Waals surface area contributed by atoms with Crippen LogP contribution in [0.3, 0.4) is 0 Å². The number of likely N-dealkylation sites (N-methyl/N-ethyl adjacent to an activating group) is 1. The lowest BCUT2D eigenvalue weighted by atomic mass is 9.96. The lowest BCUT2D eigenvalue weighted by Gasteiger charge is -2.28. The highest BCUT2D eigenvalue weighted by atomic mass is 15.1. The highest BCUT2D eigenvalue weighted by molar-refractivity contribution is 5.43. The van der Waals surface area contributed by atoms with Crippen LogP contribution in [0.15, 0.2) is 24.5 Å². The number of aromatic nitrogens is 2. The van der Waals surface area contributed by atoms with Crippen molar-refractivity contribution < 1.29 is 0 Å². The molecule has 0 saturated carbocycles. The van der Waals surface area contributed by atoms with E-state index in [0.717, 1.165) is 17.8 Å². The van der Waals surface area contributed by atoms with Crippen LogP contribution in [-0.4, -0.2) is 34.4 Å². The quantitative estimate of drug-likeness (QED) is 0.873. The zero-order chi connectivity index (χ0) is 12.5. The number of fused-ring (bicyclic) bond motifs is 1. The molecule has 18 heavy (non-hydrogen) atoms. The van der Waals surface area contributed by atoms with Crippen molar-refractivity contribution in [3.8, 4) is 0 Å². The summed E-state index contributed by atoms with van der Waals surface area (Å²) in [6, 6.07) is 4.14. The Morgan fingerprint density at radius 3 is 3.17 bits per heavy atom. The number of hydrogen-bond acceptors (Lipinski definition) is 3. The Hall–Kier alpha value is -1.39. The molecule has 1 atom stereocenters. The summed E-state index contributed by atoms with van der Waals surface area (Å²) in [5, 5.41) is 0. The maximum absolute atomic E-state index is 5.66. The van der Waals surface area contributed by atoms with Crippen LogP contribution in [-0.2, 0) is 6.54 Å². The molecule has 96 valence electrons. The molecule has 3 heterocycles. The normalized spacial score (nSPS) is 21.6. The van der Waals surface area contributed by atoms with Gasteiger partial charge in [-0.3, -0.25) is 0 Å². The van der Waals surface area contributed by atoms with E-state index >= 15 is 0 Å². The van der Waals surface area contributed by atoms with Crippen molar-refractivity contribution in [2.24, 2.45) is 5.73 Å². The average molecular weight is 244 g/mol. The van der Waals surface area contributed by atoms with Gasteiger partial charge >= 0.3 is 0 Å². The fraction of sp³-hybridized carbons (Fsp3) is 0.500. The molecule has 0 radical (unpaired) electrons. The van der Waals surface area contributed by atoms with Gasteiger partial charge in [0.25, 0.3) is 0 Å². The Labute approximate surface area is 107 Å². The third-order valence-corrected chi connectivity index (χ3v) is 3.82. The lowest BCUT2D eigenvalue weighted by molar-refractivity contribution is 0.249. The molecule has 0 aromatic carbocycles. The van der Waals surface area contributed by atoms with Crippen LogP contribution in [0, 0.1) is 0 Å². The molecule has 2 aromatic rings. The molecule has 0 aliphatic carbocycles. The van der Waals surface area contributed by atoms with Crippen LogP contribution in [0.1, 0.15) is 30.0 Å². The first-order valence-electron chi connectivity index (χ1n) is 6.62. The van der Waals surface area contributed by atoms with E-state index in [1.807, 2.05) is 0 Å². The van der Waals surface area contributed by atoms with Crippen molar-refractivity contribution in [1.29, 1.82) is 0 Å². The summed E-state index contributed by atoms with van der Waals surface area (Å²) in [6.07, 6.45) is 6.74. The second-order valence-corrected chi connectivity index (χ2v) is 5.27. The molecule has 4 heteroatoms. The molecule has 1 aliphatic rings. The average Bonchev–Trinajstić information content (AvgIpc) is 2.81. The Morgan fingerprint density at radius 1 is 1.50 bits per heavy atom. The van der Waals surface area contributed by atoms with Gasteiger partial charge in [-0.05, 0) is 44.1 Å². The van der Waals surface area contributed by atoms with E-state index in [0.29, 0.717) is 12.5 Å². The highest BCUT2D eigenvalue weighted by Gasteiger charge is 2.21. The maximum Gasteiger partial charge on any atom is 0.137 e. The molecule has 0 amide bonds. The first kappa shape index (κ1) is 11.7. The molecular weight excluding hydrogens is 224 g/mol. The maximum atomic E-state index is 5.66. The molecule has 1 fully saturated rings. The highest BCUT2D eigenvalue weighted by Crippen LogP contribution is 2.25. The van der Waals surface area contributed by atoms with Crippen LogP contribution >= 0.6 is 0 Å². The predicted octanol–water partition coefficient (Wildman–Crippen LogP) is 1.60. The van der Waals surface area contributed by atoms with Gasteiger partial charge in [0.15, 0.2) is 0 Å². The zero-order valence-corrected chi connectivity index (χ0v) is 10.8. The van der Waals surface area contributed by atoms with Crippen molar-refractivity contribution >= 4 is 5.65 Å². The Bertz CT molecular complexity index is 546. The molecule has 1 saturated heterocycles. The number of piperidine rings is 1. The van der Waals surface area contributed by atoms with Gasteiger partial charge in [0.2, 0.25) is 0 Å². The first-order chi connectivity index (χ1) is 8.76. The zero-order valence-electron chi connectivity index (χ0n) is 10.8. The molecule has 0 bridgehead atoms. The fourth-order valence-electron chi connectivity index (χ4n) is 2.78. The number of pyridine rings is 1. The standard InChI is InChI=1S/C14H20N4/c1-17-5-2-3-12(9-17)13-10-18-6-4-11(8-15)7-14(18)16-13/h4,6-7,10,12H,2-3,5,8-9,15H2,1H3. The Balaban J connectivity index is 1.92. The number of likely N-dealkylation sites (tertiary alicyclic amines) is 1. The smallest absolute Gasteiger partial charge is 0.137 e. The summed E-state index contributed by atoms with van der Waals surface area (Å²) in [6.45, 7) is 2.90. The van der Waals surface area contributed by atoms with Crippen LogP contribution in [0.25, 0.3) is 5.65 Å². The SMILES string of the molecule is CN1CCCC(c2cn3ccc(CN)cc3n2)C1. The number of rotatable bonds is 2. The van der Waals surface area contributed by atoms with Crippen LogP contribution in [0.4, 0.5) is 0 Å². The minimum Gasteiger partial charge on any atom is -0.326 e. The van der Waals surface area contributed by atoms with E-state index in [-0.39, 0.29) is 0 Å². The monoisotopic (exact) mass is 244 g/mol. The third-order valence-electron chi connectivity index (χ3n) is 3.82.